The second-order valence-corrected chi connectivity index (χ2v) is 5.62. The molecule has 0 aromatic rings. The second kappa shape index (κ2) is 9.28. The van der Waals surface area contributed by atoms with E-state index in [0.717, 1.165) is 13.0 Å². The maximum Gasteiger partial charge on any atom is 0.0564 e. The van der Waals surface area contributed by atoms with E-state index in [1.165, 1.54) is 0 Å². The molecule has 16 heavy (non-hydrogen) atoms. The van der Waals surface area contributed by atoms with Gasteiger partial charge in [0.25, 0.3) is 0 Å². The lowest BCUT2D eigenvalue weighted by atomic mass is 10.00. The number of nitrogens with one attached hydrogen (secondary N) is 1. The Kier molecular flexibility index (Phi) is 9.41. The Balaban J connectivity index is 4.15. The summed E-state index contributed by atoms with van der Waals surface area (Å²) in [7, 11) is 1.74. The molecule has 2 N–H and O–H groups in total. The molecule has 0 amide bonds. The second-order valence-electron chi connectivity index (χ2n) is 4.54. The number of ether oxygens (including phenoxy) is 1. The van der Waals surface area contributed by atoms with Crippen molar-refractivity contribution < 1.29 is 9.84 Å². The first kappa shape index (κ1) is 16.2. The molecule has 98 valence electrons. The van der Waals surface area contributed by atoms with Crippen LogP contribution < -0.4 is 5.32 Å². The van der Waals surface area contributed by atoms with E-state index in [2.05, 4.69) is 26.1 Å². The first-order chi connectivity index (χ1) is 7.56. The number of aliphatic hydroxyl groups is 1. The van der Waals surface area contributed by atoms with Gasteiger partial charge in [-0.25, -0.2) is 0 Å². The van der Waals surface area contributed by atoms with Crippen LogP contribution in [0, 0.1) is 5.92 Å². The number of hydrogen-bond acceptors (Lipinski definition) is 4. The molecule has 0 saturated heterocycles. The Morgan fingerprint density at radius 2 is 1.94 bits per heavy atom. The molecular weight excluding hydrogens is 222 g/mol. The molecule has 0 heterocycles. The zero-order valence-corrected chi connectivity index (χ0v) is 12.0. The number of hydrogen-bond donors (Lipinski definition) is 2. The van der Waals surface area contributed by atoms with Gasteiger partial charge in [-0.15, -0.1) is 0 Å². The molecule has 0 radical (unpaired) electrons. The standard InChI is InChI=1S/C12H27NO2S/c1-9(2)11(6-7-15-4)13-10(3)12(8-14)16-5/h9-14H,6-8H2,1-5H3. The molecule has 0 aromatic carbocycles. The number of thioether (sulfide) groups is 1. The van der Waals surface area contributed by atoms with E-state index >= 15 is 0 Å². The van der Waals surface area contributed by atoms with Crippen molar-refractivity contribution in [1.29, 1.82) is 0 Å². The fourth-order valence-electron chi connectivity index (χ4n) is 1.74. The largest absolute Gasteiger partial charge is 0.395 e. The molecule has 3 nitrogen and oxygen atoms in total. The Bertz CT molecular complexity index is 163. The molecule has 4 heteroatoms. The van der Waals surface area contributed by atoms with Crippen molar-refractivity contribution in [2.75, 3.05) is 26.6 Å². The monoisotopic (exact) mass is 249 g/mol. The van der Waals surface area contributed by atoms with Gasteiger partial charge in [0, 0.05) is 31.1 Å². The van der Waals surface area contributed by atoms with Crippen molar-refractivity contribution in [1.82, 2.24) is 5.32 Å². The maximum atomic E-state index is 9.24. The molecule has 0 aliphatic carbocycles. The molecule has 0 fully saturated rings. The van der Waals surface area contributed by atoms with E-state index in [-0.39, 0.29) is 11.9 Å². The molecule has 0 bridgehead atoms. The minimum atomic E-state index is 0.227. The van der Waals surface area contributed by atoms with Gasteiger partial charge in [-0.05, 0) is 25.5 Å². The lowest BCUT2D eigenvalue weighted by Gasteiger charge is -2.29. The van der Waals surface area contributed by atoms with Gasteiger partial charge < -0.3 is 15.2 Å². The number of rotatable bonds is 9. The van der Waals surface area contributed by atoms with Crippen LogP contribution in [0.2, 0.25) is 0 Å². The normalized spacial score (nSPS) is 17.4. The van der Waals surface area contributed by atoms with E-state index in [4.69, 9.17) is 4.74 Å². The van der Waals surface area contributed by atoms with E-state index in [0.29, 0.717) is 18.0 Å². The molecule has 0 aromatic heterocycles. The van der Waals surface area contributed by atoms with Crippen molar-refractivity contribution in [2.45, 2.75) is 44.5 Å². The van der Waals surface area contributed by atoms with E-state index in [9.17, 15) is 5.11 Å². The highest BCUT2D eigenvalue weighted by molar-refractivity contribution is 7.99. The smallest absolute Gasteiger partial charge is 0.0564 e. The van der Waals surface area contributed by atoms with Crippen molar-refractivity contribution in [2.24, 2.45) is 5.92 Å². The van der Waals surface area contributed by atoms with Gasteiger partial charge in [-0.2, -0.15) is 11.8 Å². The Morgan fingerprint density at radius 3 is 2.31 bits per heavy atom. The summed E-state index contributed by atoms with van der Waals surface area (Å²) in [4.78, 5) is 0. The summed E-state index contributed by atoms with van der Waals surface area (Å²) in [6, 6.07) is 0.778. The Labute approximate surface area is 104 Å². The average molecular weight is 249 g/mol. The summed E-state index contributed by atoms with van der Waals surface area (Å²) in [6.07, 6.45) is 3.06. The fraction of sp³-hybridized carbons (Fsp3) is 1.00. The summed E-state index contributed by atoms with van der Waals surface area (Å²) in [5.74, 6) is 0.582. The van der Waals surface area contributed by atoms with Crippen molar-refractivity contribution in [3.8, 4) is 0 Å². The van der Waals surface area contributed by atoms with Crippen LogP contribution in [0.1, 0.15) is 27.2 Å². The SMILES string of the molecule is COCCC(NC(C)C(CO)SC)C(C)C. The zero-order valence-electron chi connectivity index (χ0n) is 11.2. The molecule has 0 aliphatic heterocycles. The average Bonchev–Trinajstić information content (AvgIpc) is 2.25. The van der Waals surface area contributed by atoms with Crippen LogP contribution in [0.5, 0.6) is 0 Å². The van der Waals surface area contributed by atoms with Gasteiger partial charge in [0.15, 0.2) is 0 Å². The third kappa shape index (κ3) is 6.09. The van der Waals surface area contributed by atoms with Crippen molar-refractivity contribution in [3.63, 3.8) is 0 Å². The third-order valence-electron chi connectivity index (χ3n) is 2.96. The molecular formula is C12H27NO2S. The van der Waals surface area contributed by atoms with Crippen LogP contribution in [0.25, 0.3) is 0 Å². The fourth-order valence-corrected chi connectivity index (χ4v) is 2.37. The van der Waals surface area contributed by atoms with Gasteiger partial charge in [0.2, 0.25) is 0 Å². The molecule has 3 atom stereocenters. The van der Waals surface area contributed by atoms with Crippen LogP contribution in [0.4, 0.5) is 0 Å². The van der Waals surface area contributed by atoms with Gasteiger partial charge in [-0.1, -0.05) is 13.8 Å². The number of methoxy groups -OCH3 is 1. The first-order valence-corrected chi connectivity index (χ1v) is 7.24. The topological polar surface area (TPSA) is 41.5 Å². The molecule has 0 rings (SSSR count). The van der Waals surface area contributed by atoms with Crippen LogP contribution in [0.3, 0.4) is 0 Å². The third-order valence-corrected chi connectivity index (χ3v) is 4.12. The summed E-state index contributed by atoms with van der Waals surface area (Å²) >= 11 is 1.71. The maximum absolute atomic E-state index is 9.24. The Morgan fingerprint density at radius 1 is 1.31 bits per heavy atom. The highest BCUT2D eigenvalue weighted by Gasteiger charge is 2.20. The minimum Gasteiger partial charge on any atom is -0.395 e. The summed E-state index contributed by atoms with van der Waals surface area (Å²) in [5.41, 5.74) is 0. The zero-order chi connectivity index (χ0) is 12.6. The number of aliphatic hydroxyl groups excluding tert-OH is 1. The first-order valence-electron chi connectivity index (χ1n) is 5.95. The molecule has 0 spiro atoms. The predicted octanol–water partition coefficient (Wildman–Crippen LogP) is 1.75. The summed E-state index contributed by atoms with van der Waals surface area (Å²) in [5, 5.41) is 13.1. The highest BCUT2D eigenvalue weighted by atomic mass is 32.2. The minimum absolute atomic E-state index is 0.227. The van der Waals surface area contributed by atoms with Gasteiger partial charge in [0.05, 0.1) is 6.61 Å². The van der Waals surface area contributed by atoms with E-state index in [1.54, 1.807) is 18.9 Å². The summed E-state index contributed by atoms with van der Waals surface area (Å²) in [6.45, 7) is 7.58. The van der Waals surface area contributed by atoms with E-state index in [1.807, 2.05) is 6.26 Å². The van der Waals surface area contributed by atoms with Gasteiger partial charge in [0.1, 0.15) is 0 Å². The van der Waals surface area contributed by atoms with E-state index < -0.39 is 0 Å². The summed E-state index contributed by atoms with van der Waals surface area (Å²) < 4.78 is 5.12. The van der Waals surface area contributed by atoms with Gasteiger partial charge in [-0.3, -0.25) is 0 Å². The van der Waals surface area contributed by atoms with Crippen molar-refractivity contribution >= 4 is 11.8 Å². The quantitative estimate of drug-likeness (QED) is 0.653. The van der Waals surface area contributed by atoms with Gasteiger partial charge >= 0.3 is 0 Å². The van der Waals surface area contributed by atoms with Crippen LogP contribution >= 0.6 is 11.8 Å². The van der Waals surface area contributed by atoms with Crippen LogP contribution in [-0.2, 0) is 4.74 Å². The molecule has 3 unspecified atom stereocenters. The van der Waals surface area contributed by atoms with Crippen LogP contribution in [0.15, 0.2) is 0 Å². The Hall–Kier alpha value is 0.230. The predicted molar refractivity (Wildman–Crippen MR) is 72.1 cm³/mol. The molecule has 0 aliphatic rings. The van der Waals surface area contributed by atoms with Crippen molar-refractivity contribution in [3.05, 3.63) is 0 Å². The lowest BCUT2D eigenvalue weighted by molar-refractivity contribution is 0.168. The van der Waals surface area contributed by atoms with Crippen LogP contribution in [-0.4, -0.2) is 49.0 Å². The molecule has 0 saturated carbocycles. The lowest BCUT2D eigenvalue weighted by Crippen LogP contribution is -2.46. The highest BCUT2D eigenvalue weighted by Crippen LogP contribution is 2.14.